The quantitative estimate of drug-likeness (QED) is 0.357. The molecule has 0 spiro atoms. The van der Waals surface area contributed by atoms with Crippen LogP contribution >= 0.6 is 0 Å². The molecule has 0 bridgehead atoms. The maximum absolute atomic E-state index is 13.9. The van der Waals surface area contributed by atoms with Crippen molar-refractivity contribution in [2.24, 2.45) is 5.73 Å². The second kappa shape index (κ2) is 14.0. The molecule has 0 saturated carbocycles. The van der Waals surface area contributed by atoms with Crippen molar-refractivity contribution in [2.75, 3.05) is 13.7 Å². The number of primary amides is 1. The van der Waals surface area contributed by atoms with E-state index in [1.165, 1.54) is 12.0 Å². The topological polar surface area (TPSA) is 157 Å². The third-order valence-electron chi connectivity index (χ3n) is 5.10. The highest BCUT2D eigenvalue weighted by Crippen LogP contribution is 2.27. The van der Waals surface area contributed by atoms with Crippen LogP contribution < -0.4 is 16.4 Å². The van der Waals surface area contributed by atoms with Crippen LogP contribution in [0.3, 0.4) is 0 Å². The number of rotatable bonds is 12. The van der Waals surface area contributed by atoms with Gasteiger partial charge in [0.25, 0.3) is 0 Å². The van der Waals surface area contributed by atoms with E-state index in [1.54, 1.807) is 65.0 Å². The number of carbonyl (C=O) groups is 5. The van der Waals surface area contributed by atoms with E-state index in [4.69, 9.17) is 10.5 Å². The molecule has 1 aromatic rings. The zero-order chi connectivity index (χ0) is 28.3. The molecule has 0 fully saturated rings. The Kier molecular flexibility index (Phi) is 11.8. The largest absolute Gasteiger partial charge is 0.468 e. The number of benzene rings is 1. The van der Waals surface area contributed by atoms with E-state index in [0.29, 0.717) is 11.1 Å². The Morgan fingerprint density at radius 2 is 1.81 bits per heavy atom. The van der Waals surface area contributed by atoms with Crippen molar-refractivity contribution in [3.05, 3.63) is 42.0 Å². The predicted octanol–water partition coefficient (Wildman–Crippen LogP) is 2.06. The minimum absolute atomic E-state index is 0.111. The van der Waals surface area contributed by atoms with E-state index >= 15 is 0 Å². The number of carbonyl (C=O) groups excluding carboxylic acids is 5. The monoisotopic (exact) mass is 518 g/mol. The normalized spacial score (nSPS) is 12.6. The molecule has 2 atom stereocenters. The first-order valence-electron chi connectivity index (χ1n) is 11.9. The zero-order valence-electron chi connectivity index (χ0n) is 22.3. The lowest BCUT2D eigenvalue weighted by atomic mass is 9.98. The van der Waals surface area contributed by atoms with Crippen molar-refractivity contribution in [1.29, 1.82) is 0 Å². The highest BCUT2D eigenvalue weighted by molar-refractivity contribution is 5.93. The van der Waals surface area contributed by atoms with Crippen LogP contribution in [0, 0.1) is 0 Å². The zero-order valence-corrected chi connectivity index (χ0v) is 22.3. The fraction of sp³-hybridized carbons (Fsp3) is 0.500. The average molecular weight is 519 g/mol. The van der Waals surface area contributed by atoms with Crippen LogP contribution in [0.4, 0.5) is 4.79 Å². The maximum Gasteiger partial charge on any atom is 0.408 e. The highest BCUT2D eigenvalue weighted by Gasteiger charge is 2.38. The van der Waals surface area contributed by atoms with Crippen LogP contribution in [0.25, 0.3) is 6.08 Å². The maximum atomic E-state index is 13.9. The lowest BCUT2D eigenvalue weighted by Gasteiger charge is -2.37. The molecule has 0 aliphatic carbocycles. The number of nitrogens with zero attached hydrogens (tertiary/aromatic N) is 1. The summed E-state index contributed by atoms with van der Waals surface area (Å²) in [5, 5.41) is 5.01. The summed E-state index contributed by atoms with van der Waals surface area (Å²) in [5.41, 5.74) is 5.62. The third-order valence-corrected chi connectivity index (χ3v) is 5.10. The average Bonchev–Trinajstić information content (AvgIpc) is 2.81. The van der Waals surface area contributed by atoms with Crippen molar-refractivity contribution in [3.8, 4) is 0 Å². The van der Waals surface area contributed by atoms with Gasteiger partial charge in [0.2, 0.25) is 17.7 Å². The summed E-state index contributed by atoms with van der Waals surface area (Å²) in [6.45, 7) is 11.7. The molecule has 37 heavy (non-hydrogen) atoms. The van der Waals surface area contributed by atoms with Gasteiger partial charge in [-0.2, -0.15) is 0 Å². The van der Waals surface area contributed by atoms with Crippen molar-refractivity contribution in [2.45, 2.75) is 71.2 Å². The molecule has 11 nitrogen and oxygen atoms in total. The highest BCUT2D eigenvalue weighted by atomic mass is 16.6. The second-order valence-corrected chi connectivity index (χ2v) is 9.61. The van der Waals surface area contributed by atoms with Crippen LogP contribution in [0.2, 0.25) is 0 Å². The molecule has 0 heterocycles. The number of hydrogen-bond donors (Lipinski definition) is 3. The SMILES string of the molecule is C=Cc1cccc(C(C(=O)NCC(=O)OC)N(C(=O)C(CCC(N)=O)NC(=O)OC(C)(C)C)C(C)C)c1. The number of methoxy groups -OCH3 is 1. The van der Waals surface area contributed by atoms with Gasteiger partial charge in [-0.05, 0) is 58.2 Å². The van der Waals surface area contributed by atoms with E-state index in [2.05, 4.69) is 21.9 Å². The summed E-state index contributed by atoms with van der Waals surface area (Å²) < 4.78 is 9.89. The number of nitrogens with two attached hydrogens (primary N) is 1. The van der Waals surface area contributed by atoms with Crippen LogP contribution in [-0.4, -0.2) is 66.0 Å². The van der Waals surface area contributed by atoms with Gasteiger partial charge >= 0.3 is 12.1 Å². The van der Waals surface area contributed by atoms with Gasteiger partial charge in [0, 0.05) is 12.5 Å². The van der Waals surface area contributed by atoms with E-state index in [9.17, 15) is 24.0 Å². The van der Waals surface area contributed by atoms with Gasteiger partial charge in [0.15, 0.2) is 0 Å². The molecule has 4 amide bonds. The Hall–Kier alpha value is -3.89. The molecular weight excluding hydrogens is 480 g/mol. The summed E-state index contributed by atoms with van der Waals surface area (Å²) in [7, 11) is 1.19. The number of hydrogen-bond acceptors (Lipinski definition) is 7. The number of ether oxygens (including phenoxy) is 2. The first kappa shape index (κ1) is 31.1. The van der Waals surface area contributed by atoms with Gasteiger partial charge in [0.05, 0.1) is 7.11 Å². The number of amides is 4. The molecule has 0 saturated heterocycles. The molecule has 4 N–H and O–H groups in total. The summed E-state index contributed by atoms with van der Waals surface area (Å²) >= 11 is 0. The first-order valence-corrected chi connectivity index (χ1v) is 11.9. The molecule has 2 unspecified atom stereocenters. The molecule has 0 aliphatic rings. The molecule has 0 aliphatic heterocycles. The molecule has 0 aromatic heterocycles. The summed E-state index contributed by atoms with van der Waals surface area (Å²) in [6.07, 6.45) is 0.427. The summed E-state index contributed by atoms with van der Waals surface area (Å²) in [4.78, 5) is 64.2. The van der Waals surface area contributed by atoms with Gasteiger partial charge in [0.1, 0.15) is 24.2 Å². The molecule has 0 radical (unpaired) electrons. The van der Waals surface area contributed by atoms with E-state index in [1.807, 2.05) is 0 Å². The Labute approximate surface area is 217 Å². The third kappa shape index (κ3) is 10.3. The van der Waals surface area contributed by atoms with E-state index in [0.717, 1.165) is 0 Å². The van der Waals surface area contributed by atoms with Gasteiger partial charge < -0.3 is 30.7 Å². The van der Waals surface area contributed by atoms with Gasteiger partial charge in [-0.25, -0.2) is 4.79 Å². The minimum atomic E-state index is -1.22. The lowest BCUT2D eigenvalue weighted by Crippen LogP contribution is -2.55. The Bertz CT molecular complexity index is 1000. The fourth-order valence-corrected chi connectivity index (χ4v) is 3.48. The summed E-state index contributed by atoms with van der Waals surface area (Å²) in [6, 6.07) is 3.90. The molecule has 1 rings (SSSR count). The van der Waals surface area contributed by atoms with Crippen LogP contribution in [0.5, 0.6) is 0 Å². The number of nitrogens with one attached hydrogen (secondary N) is 2. The van der Waals surface area contributed by atoms with Crippen LogP contribution in [0.15, 0.2) is 30.8 Å². The van der Waals surface area contributed by atoms with E-state index in [-0.39, 0.29) is 12.8 Å². The molecule has 1 aromatic carbocycles. The first-order chi connectivity index (χ1) is 17.2. The smallest absolute Gasteiger partial charge is 0.408 e. The number of alkyl carbamates (subject to hydrolysis) is 1. The standard InChI is InChI=1S/C26H38N4O7/c1-8-17-10-9-11-18(14-17)22(23(33)28-15-21(32)36-7)30(16(2)3)24(34)19(12-13-20(27)31)29-25(35)37-26(4,5)6/h8-11,14,16,19,22H,1,12-13,15H2,2-7H3,(H2,27,31)(H,28,33)(H,29,35). The Balaban J connectivity index is 3.51. The van der Waals surface area contributed by atoms with Crippen LogP contribution in [0.1, 0.15) is 64.6 Å². The van der Waals surface area contributed by atoms with Gasteiger partial charge in [-0.15, -0.1) is 0 Å². The van der Waals surface area contributed by atoms with Crippen molar-refractivity contribution >= 4 is 35.9 Å². The van der Waals surface area contributed by atoms with Crippen molar-refractivity contribution in [3.63, 3.8) is 0 Å². The molecule has 204 valence electrons. The van der Waals surface area contributed by atoms with Crippen LogP contribution in [-0.2, 0) is 28.7 Å². The van der Waals surface area contributed by atoms with Crippen molar-refractivity contribution < 1.29 is 33.4 Å². The number of esters is 1. The fourth-order valence-electron chi connectivity index (χ4n) is 3.48. The predicted molar refractivity (Wildman–Crippen MR) is 138 cm³/mol. The Morgan fingerprint density at radius 3 is 2.32 bits per heavy atom. The Morgan fingerprint density at radius 1 is 1.16 bits per heavy atom. The minimum Gasteiger partial charge on any atom is -0.468 e. The molecule has 11 heteroatoms. The summed E-state index contributed by atoms with van der Waals surface area (Å²) in [5.74, 6) is -2.60. The van der Waals surface area contributed by atoms with Crippen molar-refractivity contribution in [1.82, 2.24) is 15.5 Å². The second-order valence-electron chi connectivity index (χ2n) is 9.61. The molecular formula is C26H38N4O7. The van der Waals surface area contributed by atoms with Gasteiger partial charge in [-0.1, -0.05) is 30.9 Å². The van der Waals surface area contributed by atoms with E-state index < -0.39 is 60.1 Å². The van der Waals surface area contributed by atoms with Gasteiger partial charge in [-0.3, -0.25) is 19.2 Å². The lowest BCUT2D eigenvalue weighted by molar-refractivity contribution is -0.146.